The second kappa shape index (κ2) is 9.32. The minimum absolute atomic E-state index is 0.211. The molecule has 0 aromatic carbocycles. The van der Waals surface area contributed by atoms with E-state index in [1.807, 2.05) is 0 Å². The van der Waals surface area contributed by atoms with Crippen molar-refractivity contribution in [2.75, 3.05) is 6.61 Å². The molecule has 0 bridgehead atoms. The number of esters is 1. The normalized spacial score (nSPS) is 10.8. The van der Waals surface area contributed by atoms with Gasteiger partial charge in [0, 0.05) is 6.92 Å². The van der Waals surface area contributed by atoms with Gasteiger partial charge in [0.15, 0.2) is 0 Å². The minimum atomic E-state index is -0.941. The Morgan fingerprint density at radius 2 is 1.92 bits per heavy atom. The van der Waals surface area contributed by atoms with Gasteiger partial charge in [-0.1, -0.05) is 6.92 Å². The molecule has 1 atom stereocenters. The van der Waals surface area contributed by atoms with E-state index in [0.29, 0.717) is 13.0 Å². The number of carbonyl (C=O) groups excluding carboxylic acids is 1. The number of carboxylic acid groups (broad SMARTS) is 1. The van der Waals surface area contributed by atoms with E-state index in [9.17, 15) is 9.59 Å². The number of hydrogen-bond acceptors (Lipinski definition) is 3. The maximum atomic E-state index is 9.82. The summed E-state index contributed by atoms with van der Waals surface area (Å²) in [6.07, 6.45) is 0.483. The van der Waals surface area contributed by atoms with E-state index in [4.69, 9.17) is 16.7 Å². The Morgan fingerprint density at radius 1 is 1.46 bits per heavy atom. The first-order valence-corrected chi connectivity index (χ1v) is 4.39. The van der Waals surface area contributed by atoms with Crippen LogP contribution in [0.15, 0.2) is 0 Å². The van der Waals surface area contributed by atoms with Crippen LogP contribution in [0.4, 0.5) is 0 Å². The van der Waals surface area contributed by atoms with Crippen LogP contribution >= 0.6 is 11.6 Å². The topological polar surface area (TPSA) is 63.6 Å². The average Bonchev–Trinajstić information content (AvgIpc) is 2.03. The quantitative estimate of drug-likeness (QED) is 0.569. The van der Waals surface area contributed by atoms with Crippen LogP contribution in [-0.4, -0.2) is 29.0 Å². The van der Waals surface area contributed by atoms with E-state index in [1.54, 1.807) is 13.8 Å². The van der Waals surface area contributed by atoms with Crippen molar-refractivity contribution in [1.29, 1.82) is 0 Å². The van der Waals surface area contributed by atoms with Gasteiger partial charge in [-0.15, -0.1) is 11.6 Å². The molecule has 0 aliphatic heterocycles. The predicted molar refractivity (Wildman–Crippen MR) is 49.9 cm³/mol. The lowest BCUT2D eigenvalue weighted by Crippen LogP contribution is -2.10. The number of ether oxygens (including phenoxy) is 1. The third-order valence-corrected chi connectivity index (χ3v) is 1.47. The Morgan fingerprint density at radius 3 is 1.92 bits per heavy atom. The Balaban J connectivity index is 0. The predicted octanol–water partition coefficient (Wildman–Crippen LogP) is 1.66. The molecule has 0 aromatic heterocycles. The van der Waals surface area contributed by atoms with Gasteiger partial charge >= 0.3 is 11.9 Å². The van der Waals surface area contributed by atoms with E-state index in [-0.39, 0.29) is 5.97 Å². The van der Waals surface area contributed by atoms with Crippen molar-refractivity contribution < 1.29 is 19.4 Å². The van der Waals surface area contributed by atoms with Gasteiger partial charge in [-0.05, 0) is 13.3 Å². The summed E-state index contributed by atoms with van der Waals surface area (Å²) in [5.74, 6) is -1.15. The molecule has 0 radical (unpaired) electrons. The zero-order valence-electron chi connectivity index (χ0n) is 8.04. The van der Waals surface area contributed by atoms with Crippen LogP contribution in [0.25, 0.3) is 0 Å². The largest absolute Gasteiger partial charge is 0.480 e. The fraction of sp³-hybridized carbons (Fsp3) is 0.750. The monoisotopic (exact) mass is 210 g/mol. The Bertz CT molecular complexity index is 158. The van der Waals surface area contributed by atoms with Crippen molar-refractivity contribution in [2.24, 2.45) is 0 Å². The molecular weight excluding hydrogens is 196 g/mol. The highest BCUT2D eigenvalue weighted by atomic mass is 35.5. The molecule has 0 saturated carbocycles. The minimum Gasteiger partial charge on any atom is -0.480 e. The van der Waals surface area contributed by atoms with Crippen LogP contribution in [-0.2, 0) is 14.3 Å². The molecule has 0 spiro atoms. The van der Waals surface area contributed by atoms with E-state index in [0.717, 1.165) is 0 Å². The van der Waals surface area contributed by atoms with Gasteiger partial charge in [0.1, 0.15) is 5.38 Å². The molecule has 1 N–H and O–H groups in total. The molecule has 5 heteroatoms. The number of carboxylic acids is 1. The van der Waals surface area contributed by atoms with Gasteiger partial charge in [-0.3, -0.25) is 9.59 Å². The summed E-state index contributed by atoms with van der Waals surface area (Å²) < 4.78 is 4.40. The van der Waals surface area contributed by atoms with Gasteiger partial charge in [-0.2, -0.15) is 0 Å². The third kappa shape index (κ3) is 14.1. The summed E-state index contributed by atoms with van der Waals surface area (Å²) in [6, 6.07) is 0. The highest BCUT2D eigenvalue weighted by Gasteiger charge is 2.08. The van der Waals surface area contributed by atoms with E-state index < -0.39 is 11.3 Å². The molecular formula is C8H15ClO4. The van der Waals surface area contributed by atoms with Crippen LogP contribution in [0.2, 0.25) is 0 Å². The fourth-order valence-corrected chi connectivity index (χ4v) is 0.378. The van der Waals surface area contributed by atoms with Crippen molar-refractivity contribution in [3.05, 3.63) is 0 Å². The summed E-state index contributed by atoms with van der Waals surface area (Å²) in [4.78, 5) is 19.6. The van der Waals surface area contributed by atoms with Crippen molar-refractivity contribution in [3.63, 3.8) is 0 Å². The summed E-state index contributed by atoms with van der Waals surface area (Å²) in [6.45, 7) is 5.38. The molecule has 1 unspecified atom stereocenters. The van der Waals surface area contributed by atoms with Crippen molar-refractivity contribution in [3.8, 4) is 0 Å². The van der Waals surface area contributed by atoms with Crippen LogP contribution in [0.3, 0.4) is 0 Å². The van der Waals surface area contributed by atoms with Crippen LogP contribution in [0.1, 0.15) is 27.2 Å². The second-order valence-corrected chi connectivity index (χ2v) is 2.67. The number of hydrogen-bond donors (Lipinski definition) is 1. The Hall–Kier alpha value is -0.770. The van der Waals surface area contributed by atoms with Gasteiger partial charge < -0.3 is 9.84 Å². The van der Waals surface area contributed by atoms with E-state index in [2.05, 4.69) is 4.74 Å². The molecule has 0 saturated heterocycles. The molecule has 13 heavy (non-hydrogen) atoms. The maximum absolute atomic E-state index is 9.82. The zero-order chi connectivity index (χ0) is 10.9. The van der Waals surface area contributed by atoms with Crippen LogP contribution in [0, 0.1) is 0 Å². The third-order valence-electron chi connectivity index (χ3n) is 0.974. The number of alkyl halides is 1. The second-order valence-electron chi connectivity index (χ2n) is 2.14. The van der Waals surface area contributed by atoms with Crippen molar-refractivity contribution in [1.82, 2.24) is 0 Å². The molecule has 0 aromatic rings. The fourth-order valence-electron chi connectivity index (χ4n) is 0.378. The summed E-state index contributed by atoms with van der Waals surface area (Å²) in [7, 11) is 0. The van der Waals surface area contributed by atoms with Gasteiger partial charge in [0.2, 0.25) is 0 Å². The Kier molecular flexibility index (Phi) is 10.6. The van der Waals surface area contributed by atoms with Gasteiger partial charge in [0.25, 0.3) is 0 Å². The lowest BCUT2D eigenvalue weighted by molar-refractivity contribution is -0.140. The maximum Gasteiger partial charge on any atom is 0.321 e. The molecule has 0 aliphatic rings. The highest BCUT2D eigenvalue weighted by molar-refractivity contribution is 6.29. The highest BCUT2D eigenvalue weighted by Crippen LogP contribution is 1.98. The number of halogens is 1. The van der Waals surface area contributed by atoms with E-state index >= 15 is 0 Å². The van der Waals surface area contributed by atoms with Crippen LogP contribution < -0.4 is 0 Å². The first-order valence-electron chi connectivity index (χ1n) is 3.95. The zero-order valence-corrected chi connectivity index (χ0v) is 8.80. The lowest BCUT2D eigenvalue weighted by atomic mass is 10.3. The Labute approximate surface area is 82.8 Å². The van der Waals surface area contributed by atoms with Crippen molar-refractivity contribution >= 4 is 23.5 Å². The molecule has 0 aliphatic carbocycles. The van der Waals surface area contributed by atoms with E-state index in [1.165, 1.54) is 6.92 Å². The molecule has 0 fully saturated rings. The average molecular weight is 211 g/mol. The smallest absolute Gasteiger partial charge is 0.321 e. The summed E-state index contributed by atoms with van der Waals surface area (Å²) >= 11 is 5.20. The van der Waals surface area contributed by atoms with Crippen molar-refractivity contribution in [2.45, 2.75) is 32.6 Å². The first-order chi connectivity index (χ1) is 5.95. The molecule has 4 nitrogen and oxygen atoms in total. The number of carbonyl (C=O) groups is 2. The standard InChI is InChI=1S/C4H7ClO2.C4H8O2/c1-2-3(5)4(6)7;1-3-6-4(2)5/h3H,2H2,1H3,(H,6,7);3H2,1-2H3. The SMILES string of the molecule is CCC(Cl)C(=O)O.CCOC(C)=O. The lowest BCUT2D eigenvalue weighted by Gasteiger charge is -1.93. The first kappa shape index (κ1) is 14.7. The molecule has 78 valence electrons. The summed E-state index contributed by atoms with van der Waals surface area (Å²) in [5.41, 5.74) is 0. The number of rotatable bonds is 3. The molecule has 0 heterocycles. The molecule has 0 rings (SSSR count). The van der Waals surface area contributed by atoms with Crippen LogP contribution in [0.5, 0.6) is 0 Å². The number of aliphatic carboxylic acids is 1. The van der Waals surface area contributed by atoms with Gasteiger partial charge in [0.05, 0.1) is 6.61 Å². The van der Waals surface area contributed by atoms with Gasteiger partial charge in [-0.25, -0.2) is 0 Å². The molecule has 0 amide bonds. The summed E-state index contributed by atoms with van der Waals surface area (Å²) in [5, 5.41) is 7.34.